The second kappa shape index (κ2) is 6.85. The predicted molar refractivity (Wildman–Crippen MR) is 91.7 cm³/mol. The quantitative estimate of drug-likeness (QED) is 0.802. The number of hydrogen-bond donors (Lipinski definition) is 0. The van der Waals surface area contributed by atoms with E-state index in [-0.39, 0.29) is 12.0 Å². The first-order valence-electron chi connectivity index (χ1n) is 7.97. The number of benzene rings is 1. The molecule has 0 saturated carbocycles. The Hall–Kier alpha value is -2.65. The third-order valence-corrected chi connectivity index (χ3v) is 4.53. The van der Waals surface area contributed by atoms with Crippen LogP contribution in [-0.2, 0) is 9.53 Å². The second-order valence-electron chi connectivity index (χ2n) is 5.99. The van der Waals surface area contributed by atoms with Gasteiger partial charge in [0.25, 0.3) is 0 Å². The molecule has 2 heterocycles. The molecule has 3 rings (SSSR count). The monoisotopic (exact) mass is 324 g/mol. The summed E-state index contributed by atoms with van der Waals surface area (Å²) in [6, 6.07) is 10.2. The summed E-state index contributed by atoms with van der Waals surface area (Å²) in [6.07, 6.45) is 1.71. The van der Waals surface area contributed by atoms with Crippen LogP contribution in [0.3, 0.4) is 0 Å². The van der Waals surface area contributed by atoms with E-state index in [2.05, 4.69) is 27.8 Å². The number of aromatic nitrogens is 1. The molecule has 1 atom stereocenters. The minimum atomic E-state index is -0.205. The van der Waals surface area contributed by atoms with Gasteiger partial charge < -0.3 is 9.64 Å². The Labute approximate surface area is 141 Å². The number of nitriles is 1. The molecule has 0 spiro atoms. The van der Waals surface area contributed by atoms with Gasteiger partial charge >= 0.3 is 5.97 Å². The van der Waals surface area contributed by atoms with E-state index < -0.39 is 0 Å². The van der Waals surface area contributed by atoms with Crippen LogP contribution in [0.2, 0.25) is 0 Å². The molecule has 2 aromatic rings. The number of hydrogen-bond acceptors (Lipinski definition) is 6. The van der Waals surface area contributed by atoms with Crippen LogP contribution in [0.5, 0.6) is 0 Å². The number of pyridine rings is 1. The summed E-state index contributed by atoms with van der Waals surface area (Å²) in [5.74, 6) is -0.205. The van der Waals surface area contributed by atoms with Crippen molar-refractivity contribution in [1.82, 2.24) is 9.88 Å². The molecule has 0 bridgehead atoms. The van der Waals surface area contributed by atoms with Gasteiger partial charge in [0.15, 0.2) is 0 Å². The third kappa shape index (κ3) is 3.03. The van der Waals surface area contributed by atoms with Crippen LogP contribution in [0, 0.1) is 11.3 Å². The van der Waals surface area contributed by atoms with Gasteiger partial charge in [-0.3, -0.25) is 14.7 Å². The van der Waals surface area contributed by atoms with Crippen molar-refractivity contribution in [2.45, 2.75) is 13.0 Å². The number of rotatable bonds is 3. The van der Waals surface area contributed by atoms with Crippen molar-refractivity contribution in [3.63, 3.8) is 0 Å². The Balaban J connectivity index is 1.86. The Morgan fingerprint density at radius 1 is 1.42 bits per heavy atom. The van der Waals surface area contributed by atoms with Gasteiger partial charge in [-0.25, -0.2) is 0 Å². The van der Waals surface area contributed by atoms with Gasteiger partial charge in [-0.1, -0.05) is 0 Å². The summed E-state index contributed by atoms with van der Waals surface area (Å²) in [4.78, 5) is 20.3. The molecule has 6 heteroatoms. The molecule has 0 unspecified atom stereocenters. The summed E-state index contributed by atoms with van der Waals surface area (Å²) in [5.41, 5.74) is 2.41. The summed E-state index contributed by atoms with van der Waals surface area (Å²) in [6.45, 7) is 4.85. The zero-order valence-electron chi connectivity index (χ0n) is 13.9. The van der Waals surface area contributed by atoms with Crippen molar-refractivity contribution in [3.8, 4) is 6.07 Å². The lowest BCUT2D eigenvalue weighted by Crippen LogP contribution is -2.53. The molecule has 1 aromatic heterocycles. The highest BCUT2D eigenvalue weighted by Gasteiger charge is 2.26. The van der Waals surface area contributed by atoms with Gasteiger partial charge in [0.2, 0.25) is 0 Å². The molecule has 1 aliphatic heterocycles. The lowest BCUT2D eigenvalue weighted by Gasteiger charge is -2.40. The maximum Gasteiger partial charge on any atom is 0.319 e. The van der Waals surface area contributed by atoms with Gasteiger partial charge in [-0.2, -0.15) is 5.26 Å². The maximum absolute atomic E-state index is 11.5. The molecular formula is C18H20N4O2. The number of ether oxygens (including phenoxy) is 1. The number of fused-ring (bicyclic) bond motifs is 1. The molecule has 6 nitrogen and oxygen atoms in total. The molecule has 0 radical (unpaired) electrons. The molecule has 1 aromatic carbocycles. The van der Waals surface area contributed by atoms with Crippen molar-refractivity contribution < 1.29 is 9.53 Å². The average Bonchev–Trinajstić information content (AvgIpc) is 2.62. The number of nitrogens with zero attached hydrogens (tertiary/aromatic N) is 4. The largest absolute Gasteiger partial charge is 0.468 e. The molecule has 124 valence electrons. The normalized spacial score (nSPS) is 18.4. The van der Waals surface area contributed by atoms with E-state index in [1.807, 2.05) is 24.3 Å². The standard InChI is InChI=1S/C18H20N4O2/c1-13-11-22(9-8-21(13)12-17(23)24-2)16-6-5-14(10-19)18-15(16)4-3-7-20-18/h3-7,13H,8-9,11-12H2,1-2H3/t13-/m0/s1. The highest BCUT2D eigenvalue weighted by atomic mass is 16.5. The zero-order chi connectivity index (χ0) is 17.1. The number of methoxy groups -OCH3 is 1. The number of piperazine rings is 1. The molecule has 1 fully saturated rings. The zero-order valence-corrected chi connectivity index (χ0v) is 13.9. The second-order valence-corrected chi connectivity index (χ2v) is 5.99. The van der Waals surface area contributed by atoms with Crippen molar-refractivity contribution in [1.29, 1.82) is 5.26 Å². The minimum absolute atomic E-state index is 0.205. The van der Waals surface area contributed by atoms with E-state index in [4.69, 9.17) is 4.74 Å². The Bertz CT molecular complexity index is 799. The molecule has 24 heavy (non-hydrogen) atoms. The fourth-order valence-electron chi connectivity index (χ4n) is 3.20. The van der Waals surface area contributed by atoms with Crippen LogP contribution >= 0.6 is 0 Å². The Morgan fingerprint density at radius 2 is 2.25 bits per heavy atom. The predicted octanol–water partition coefficient (Wildman–Crippen LogP) is 1.79. The van der Waals surface area contributed by atoms with Crippen molar-refractivity contribution in [2.75, 3.05) is 38.2 Å². The molecule has 0 aliphatic carbocycles. The van der Waals surface area contributed by atoms with Gasteiger partial charge in [-0.15, -0.1) is 0 Å². The van der Waals surface area contributed by atoms with Crippen LogP contribution in [-0.4, -0.2) is 55.2 Å². The maximum atomic E-state index is 11.5. The molecule has 0 N–H and O–H groups in total. The fourth-order valence-corrected chi connectivity index (χ4v) is 3.20. The minimum Gasteiger partial charge on any atom is -0.468 e. The summed E-state index contributed by atoms with van der Waals surface area (Å²) in [7, 11) is 1.42. The first kappa shape index (κ1) is 16.2. The summed E-state index contributed by atoms with van der Waals surface area (Å²) >= 11 is 0. The van der Waals surface area contributed by atoms with E-state index >= 15 is 0 Å². The highest BCUT2D eigenvalue weighted by molar-refractivity contribution is 5.95. The number of esters is 1. The highest BCUT2D eigenvalue weighted by Crippen LogP contribution is 2.29. The first-order valence-corrected chi connectivity index (χ1v) is 7.97. The number of carbonyl (C=O) groups excluding carboxylic acids is 1. The number of anilines is 1. The number of carbonyl (C=O) groups is 1. The summed E-state index contributed by atoms with van der Waals surface area (Å²) < 4.78 is 4.76. The third-order valence-electron chi connectivity index (χ3n) is 4.53. The van der Waals surface area contributed by atoms with E-state index in [0.717, 1.165) is 36.2 Å². The van der Waals surface area contributed by atoms with Gasteiger partial charge in [-0.05, 0) is 31.2 Å². The molecular weight excluding hydrogens is 304 g/mol. The van der Waals surface area contributed by atoms with Gasteiger partial charge in [0.05, 0.1) is 24.7 Å². The molecule has 0 amide bonds. The molecule has 1 aliphatic rings. The van der Waals surface area contributed by atoms with Crippen molar-refractivity contribution in [2.24, 2.45) is 0 Å². The Kier molecular flexibility index (Phi) is 4.63. The van der Waals surface area contributed by atoms with E-state index in [1.165, 1.54) is 7.11 Å². The SMILES string of the molecule is COC(=O)CN1CCN(c2ccc(C#N)c3ncccc23)C[C@@H]1C. The van der Waals surface area contributed by atoms with Crippen molar-refractivity contribution >= 4 is 22.6 Å². The topological polar surface area (TPSA) is 69.5 Å². The van der Waals surface area contributed by atoms with Crippen LogP contribution in [0.4, 0.5) is 5.69 Å². The van der Waals surface area contributed by atoms with Crippen LogP contribution in [0.15, 0.2) is 30.5 Å². The van der Waals surface area contributed by atoms with Crippen LogP contribution < -0.4 is 4.90 Å². The Morgan fingerprint density at radius 3 is 2.96 bits per heavy atom. The summed E-state index contributed by atoms with van der Waals surface area (Å²) in [5, 5.41) is 10.3. The van der Waals surface area contributed by atoms with Crippen LogP contribution in [0.25, 0.3) is 10.9 Å². The lowest BCUT2D eigenvalue weighted by atomic mass is 10.1. The van der Waals surface area contributed by atoms with Crippen LogP contribution in [0.1, 0.15) is 12.5 Å². The molecule has 1 saturated heterocycles. The average molecular weight is 324 g/mol. The lowest BCUT2D eigenvalue weighted by molar-refractivity contribution is -0.142. The van der Waals surface area contributed by atoms with Gasteiger partial charge in [0, 0.05) is 42.9 Å². The van der Waals surface area contributed by atoms with E-state index in [0.29, 0.717) is 12.1 Å². The first-order chi connectivity index (χ1) is 11.6. The fraction of sp³-hybridized carbons (Fsp3) is 0.389. The van der Waals surface area contributed by atoms with Gasteiger partial charge in [0.1, 0.15) is 6.07 Å². The van der Waals surface area contributed by atoms with E-state index in [1.54, 1.807) is 6.20 Å². The smallest absolute Gasteiger partial charge is 0.319 e. The van der Waals surface area contributed by atoms with Crippen molar-refractivity contribution in [3.05, 3.63) is 36.0 Å². The van der Waals surface area contributed by atoms with E-state index in [9.17, 15) is 10.1 Å².